The Hall–Kier alpha value is -3.35. The van der Waals surface area contributed by atoms with E-state index in [2.05, 4.69) is 34.9 Å². The Labute approximate surface area is 207 Å². The predicted molar refractivity (Wildman–Crippen MR) is 135 cm³/mol. The highest BCUT2D eigenvalue weighted by molar-refractivity contribution is 5.80. The molecule has 1 aliphatic carbocycles. The molecular weight excluding hydrogens is 444 g/mol. The zero-order valence-electron chi connectivity index (χ0n) is 20.8. The number of amides is 2. The summed E-state index contributed by atoms with van der Waals surface area (Å²) in [5.74, 6) is -1.99. The maximum Gasteiger partial charge on any atom is 0.407 e. The second-order valence-corrected chi connectivity index (χ2v) is 9.51. The van der Waals surface area contributed by atoms with Gasteiger partial charge in [-0.15, -0.1) is 0 Å². The molecule has 3 N–H and O–H groups in total. The molecule has 0 saturated heterocycles. The summed E-state index contributed by atoms with van der Waals surface area (Å²) < 4.78 is 5.63. The summed E-state index contributed by atoms with van der Waals surface area (Å²) in [6, 6.07) is 15.9. The number of unbranched alkanes of at least 4 members (excludes halogenated alkanes) is 1. The van der Waals surface area contributed by atoms with E-state index in [0.29, 0.717) is 6.42 Å². The van der Waals surface area contributed by atoms with Crippen molar-refractivity contribution in [2.75, 3.05) is 13.2 Å². The first-order valence-electron chi connectivity index (χ1n) is 12.4. The maximum atomic E-state index is 12.7. The van der Waals surface area contributed by atoms with Crippen LogP contribution in [0, 0.1) is 11.8 Å². The molecule has 1 aliphatic rings. The molecule has 0 aromatic heterocycles. The topological polar surface area (TPSA) is 105 Å². The molecular formula is C28H36N2O5. The standard InChI is InChI=1S/C28H36N2O5/c1-4-5-10-19(15-26(31)29-16-24(18(2)3)27(32)33)30-28(34)35-17-25-22-13-8-6-11-20(22)21-12-7-9-14-23(21)25/h6-9,11-14,18-19,24-25H,4-5,10,15-17H2,1-3H3,(H,29,31)(H,30,34)(H,32,33)/t19-,24?/m1/s1. The average molecular weight is 481 g/mol. The van der Waals surface area contributed by atoms with Gasteiger partial charge in [0.1, 0.15) is 6.61 Å². The van der Waals surface area contributed by atoms with Gasteiger partial charge in [-0.1, -0.05) is 82.1 Å². The Balaban J connectivity index is 1.57. The fourth-order valence-corrected chi connectivity index (χ4v) is 4.61. The summed E-state index contributed by atoms with van der Waals surface area (Å²) in [5, 5.41) is 14.9. The molecule has 35 heavy (non-hydrogen) atoms. The van der Waals surface area contributed by atoms with Gasteiger partial charge in [-0.05, 0) is 34.6 Å². The monoisotopic (exact) mass is 480 g/mol. The average Bonchev–Trinajstić information content (AvgIpc) is 3.14. The largest absolute Gasteiger partial charge is 0.481 e. The Morgan fingerprint density at radius 1 is 1.00 bits per heavy atom. The van der Waals surface area contributed by atoms with E-state index in [4.69, 9.17) is 4.74 Å². The Morgan fingerprint density at radius 2 is 1.60 bits per heavy atom. The van der Waals surface area contributed by atoms with Crippen LogP contribution in [0.15, 0.2) is 48.5 Å². The molecule has 0 fully saturated rings. The molecule has 3 rings (SSSR count). The minimum atomic E-state index is -0.931. The lowest BCUT2D eigenvalue weighted by Crippen LogP contribution is -2.42. The molecule has 0 spiro atoms. The van der Waals surface area contributed by atoms with Crippen LogP contribution in [-0.4, -0.2) is 42.3 Å². The van der Waals surface area contributed by atoms with Crippen LogP contribution in [0.4, 0.5) is 4.79 Å². The maximum absolute atomic E-state index is 12.7. The lowest BCUT2D eigenvalue weighted by atomic mass is 9.96. The third-order valence-corrected chi connectivity index (χ3v) is 6.64. The van der Waals surface area contributed by atoms with Gasteiger partial charge in [-0.2, -0.15) is 0 Å². The highest BCUT2D eigenvalue weighted by Gasteiger charge is 2.29. The van der Waals surface area contributed by atoms with Crippen LogP contribution in [-0.2, 0) is 14.3 Å². The van der Waals surface area contributed by atoms with E-state index in [1.807, 2.05) is 45.0 Å². The molecule has 7 nitrogen and oxygen atoms in total. The highest BCUT2D eigenvalue weighted by Crippen LogP contribution is 2.44. The first-order valence-corrected chi connectivity index (χ1v) is 12.4. The van der Waals surface area contributed by atoms with Crippen LogP contribution in [0.1, 0.15) is 63.5 Å². The zero-order chi connectivity index (χ0) is 25.4. The van der Waals surface area contributed by atoms with Crippen molar-refractivity contribution in [2.45, 2.75) is 58.4 Å². The van der Waals surface area contributed by atoms with Crippen LogP contribution in [0.25, 0.3) is 11.1 Å². The molecule has 2 aromatic carbocycles. The fourth-order valence-electron chi connectivity index (χ4n) is 4.61. The van der Waals surface area contributed by atoms with Crippen molar-refractivity contribution in [1.29, 1.82) is 0 Å². The first kappa shape index (κ1) is 26.3. The van der Waals surface area contributed by atoms with Gasteiger partial charge in [0, 0.05) is 24.9 Å². The molecule has 0 bridgehead atoms. The number of carbonyl (C=O) groups is 3. The summed E-state index contributed by atoms with van der Waals surface area (Å²) in [6.45, 7) is 5.95. The summed E-state index contributed by atoms with van der Waals surface area (Å²) in [5.41, 5.74) is 4.61. The minimum Gasteiger partial charge on any atom is -0.481 e. The van der Waals surface area contributed by atoms with Crippen molar-refractivity contribution in [1.82, 2.24) is 10.6 Å². The number of benzene rings is 2. The van der Waals surface area contributed by atoms with Gasteiger partial charge in [0.2, 0.25) is 5.91 Å². The van der Waals surface area contributed by atoms with Crippen LogP contribution in [0.5, 0.6) is 0 Å². The van der Waals surface area contributed by atoms with Crippen molar-refractivity contribution >= 4 is 18.0 Å². The number of carboxylic acid groups (broad SMARTS) is 1. The van der Waals surface area contributed by atoms with Crippen molar-refractivity contribution in [3.05, 3.63) is 59.7 Å². The highest BCUT2D eigenvalue weighted by atomic mass is 16.5. The normalized spacial score (nSPS) is 14.1. The molecule has 0 aliphatic heterocycles. The van der Waals surface area contributed by atoms with E-state index >= 15 is 0 Å². The van der Waals surface area contributed by atoms with Crippen LogP contribution in [0.3, 0.4) is 0 Å². The van der Waals surface area contributed by atoms with Crippen LogP contribution >= 0.6 is 0 Å². The third-order valence-electron chi connectivity index (χ3n) is 6.64. The molecule has 2 aromatic rings. The molecule has 1 unspecified atom stereocenters. The zero-order valence-corrected chi connectivity index (χ0v) is 20.8. The van der Waals surface area contributed by atoms with Crippen molar-refractivity contribution in [3.63, 3.8) is 0 Å². The van der Waals surface area contributed by atoms with Gasteiger partial charge in [0.05, 0.1) is 5.92 Å². The number of aliphatic carboxylic acids is 1. The molecule has 2 atom stereocenters. The molecule has 2 amide bonds. The summed E-state index contributed by atoms with van der Waals surface area (Å²) >= 11 is 0. The van der Waals surface area contributed by atoms with Gasteiger partial charge >= 0.3 is 12.1 Å². The molecule has 0 heterocycles. The first-order chi connectivity index (χ1) is 16.8. The van der Waals surface area contributed by atoms with Gasteiger partial charge in [-0.3, -0.25) is 9.59 Å². The molecule has 0 saturated carbocycles. The van der Waals surface area contributed by atoms with Crippen LogP contribution in [0.2, 0.25) is 0 Å². The second kappa shape index (κ2) is 12.4. The number of nitrogens with one attached hydrogen (secondary N) is 2. The number of carboxylic acids is 1. The predicted octanol–water partition coefficient (Wildman–Crippen LogP) is 4.95. The van der Waals surface area contributed by atoms with Gasteiger partial charge in [0.25, 0.3) is 0 Å². The van der Waals surface area contributed by atoms with Crippen LogP contribution < -0.4 is 10.6 Å². The number of ether oxygens (including phenoxy) is 1. The van der Waals surface area contributed by atoms with E-state index in [1.54, 1.807) is 0 Å². The second-order valence-electron chi connectivity index (χ2n) is 9.51. The molecule has 0 radical (unpaired) electrons. The number of hydrogen-bond acceptors (Lipinski definition) is 4. The van der Waals surface area contributed by atoms with E-state index in [9.17, 15) is 19.5 Å². The quantitative estimate of drug-likeness (QED) is 0.399. The Morgan fingerprint density at radius 3 is 2.14 bits per heavy atom. The van der Waals surface area contributed by atoms with Gasteiger partial charge in [0.15, 0.2) is 0 Å². The summed E-state index contributed by atoms with van der Waals surface area (Å²) in [4.78, 5) is 36.5. The van der Waals surface area contributed by atoms with Crippen molar-refractivity contribution in [3.8, 4) is 11.1 Å². The van der Waals surface area contributed by atoms with Crippen molar-refractivity contribution < 1.29 is 24.2 Å². The number of fused-ring (bicyclic) bond motifs is 3. The summed E-state index contributed by atoms with van der Waals surface area (Å²) in [7, 11) is 0. The number of alkyl carbamates (subject to hydrolysis) is 1. The SMILES string of the molecule is CCCC[C@H](CC(=O)NCC(C(=O)O)C(C)C)NC(=O)OCC1c2ccccc2-c2ccccc21. The third kappa shape index (κ3) is 6.84. The van der Waals surface area contributed by atoms with E-state index in [1.165, 1.54) is 0 Å². The molecule has 7 heteroatoms. The fraction of sp³-hybridized carbons (Fsp3) is 0.464. The number of hydrogen-bond donors (Lipinski definition) is 3. The lowest BCUT2D eigenvalue weighted by molar-refractivity contribution is -0.143. The minimum absolute atomic E-state index is 0.0328. The Kier molecular flexibility index (Phi) is 9.29. The van der Waals surface area contributed by atoms with Crippen molar-refractivity contribution in [2.24, 2.45) is 11.8 Å². The van der Waals surface area contributed by atoms with E-state index in [-0.39, 0.29) is 43.4 Å². The van der Waals surface area contributed by atoms with E-state index in [0.717, 1.165) is 35.1 Å². The van der Waals surface area contributed by atoms with Gasteiger partial charge in [-0.25, -0.2) is 4.79 Å². The van der Waals surface area contributed by atoms with Gasteiger partial charge < -0.3 is 20.5 Å². The smallest absolute Gasteiger partial charge is 0.407 e. The summed E-state index contributed by atoms with van der Waals surface area (Å²) in [6.07, 6.45) is 1.95. The van der Waals surface area contributed by atoms with E-state index < -0.39 is 18.0 Å². The Bertz CT molecular complexity index is 990. The number of carbonyl (C=O) groups excluding carboxylic acids is 2. The number of rotatable bonds is 12. The lowest BCUT2D eigenvalue weighted by Gasteiger charge is -2.21. The molecule has 188 valence electrons.